The van der Waals surface area contributed by atoms with Gasteiger partial charge >= 0.3 is 0 Å². The zero-order valence-corrected chi connectivity index (χ0v) is 16.0. The predicted molar refractivity (Wildman–Crippen MR) is 98.1 cm³/mol. The molecule has 1 aliphatic heterocycles. The maximum absolute atomic E-state index is 13.1. The van der Waals surface area contributed by atoms with Crippen molar-refractivity contribution >= 4 is 0 Å². The maximum atomic E-state index is 13.1. The number of methoxy groups -OCH3 is 3. The molecule has 1 aliphatic carbocycles. The summed E-state index contributed by atoms with van der Waals surface area (Å²) in [7, 11) is 9.34. The molecular formula is C21H25NO4. The van der Waals surface area contributed by atoms with Crippen LogP contribution in [0.2, 0.25) is 0 Å². The van der Waals surface area contributed by atoms with Crippen LogP contribution in [0.4, 0.5) is 0 Å². The summed E-state index contributed by atoms with van der Waals surface area (Å²) in [6.45, 7) is 1.06. The summed E-state index contributed by atoms with van der Waals surface area (Å²) in [6, 6.07) is 6.18. The fraction of sp³-hybridized carbons (Fsp3) is 0.429. The number of benzene rings is 2. The van der Waals surface area contributed by atoms with Crippen LogP contribution in [0.15, 0.2) is 18.2 Å². The summed E-state index contributed by atoms with van der Waals surface area (Å²) in [6.07, 6.45) is 1.80. The van der Waals surface area contributed by atoms with Gasteiger partial charge in [-0.3, -0.25) is 0 Å². The Hall–Kier alpha value is -2.40. The van der Waals surface area contributed by atoms with Gasteiger partial charge in [0.2, 0.25) is 0 Å². The van der Waals surface area contributed by atoms with E-state index in [9.17, 15) is 5.11 Å². The molecule has 5 nitrogen and oxygen atoms in total. The van der Waals surface area contributed by atoms with Crippen LogP contribution in [0.3, 0.4) is 0 Å². The lowest BCUT2D eigenvalue weighted by molar-refractivity contribution is -0.923. The smallest absolute Gasteiger partial charge is 0.169 e. The van der Waals surface area contributed by atoms with Crippen molar-refractivity contribution in [2.75, 3.05) is 42.0 Å². The molecule has 2 aromatic rings. The zero-order chi connectivity index (χ0) is 18.6. The molecule has 0 radical (unpaired) electrons. The van der Waals surface area contributed by atoms with Gasteiger partial charge in [0.25, 0.3) is 0 Å². The van der Waals surface area contributed by atoms with Gasteiger partial charge in [0, 0.05) is 24.0 Å². The molecule has 5 heteroatoms. The van der Waals surface area contributed by atoms with Crippen molar-refractivity contribution in [1.29, 1.82) is 0 Å². The molecule has 0 spiro atoms. The van der Waals surface area contributed by atoms with E-state index in [1.807, 2.05) is 6.07 Å². The van der Waals surface area contributed by atoms with Crippen molar-refractivity contribution in [3.05, 3.63) is 34.9 Å². The highest BCUT2D eigenvalue weighted by atomic mass is 16.5. The molecule has 1 heterocycles. The maximum Gasteiger partial charge on any atom is 0.169 e. The first-order valence-corrected chi connectivity index (χ1v) is 8.90. The van der Waals surface area contributed by atoms with Gasteiger partial charge in [0.1, 0.15) is 11.8 Å². The number of hydrogen-bond donors (Lipinski definition) is 0. The zero-order valence-electron chi connectivity index (χ0n) is 16.0. The van der Waals surface area contributed by atoms with Crippen LogP contribution >= 0.6 is 0 Å². The Bertz CT molecular complexity index is 888. The Morgan fingerprint density at radius 1 is 0.962 bits per heavy atom. The summed E-state index contributed by atoms with van der Waals surface area (Å²) in [5.74, 6) is 1.62. The molecule has 0 bridgehead atoms. The summed E-state index contributed by atoms with van der Waals surface area (Å²) in [4.78, 5) is 0. The lowest BCUT2D eigenvalue weighted by Gasteiger charge is -2.46. The average Bonchev–Trinajstić information content (AvgIpc) is 2.64. The quantitative estimate of drug-likeness (QED) is 0.795. The van der Waals surface area contributed by atoms with E-state index in [-0.39, 0.29) is 5.75 Å². The molecule has 2 aromatic carbocycles. The van der Waals surface area contributed by atoms with Crippen LogP contribution in [-0.4, -0.2) is 46.5 Å². The van der Waals surface area contributed by atoms with Gasteiger partial charge in [0.05, 0.1) is 42.0 Å². The third-order valence-corrected chi connectivity index (χ3v) is 6.02. The predicted octanol–water partition coefficient (Wildman–Crippen LogP) is 2.68. The van der Waals surface area contributed by atoms with Crippen LogP contribution in [-0.2, 0) is 12.8 Å². The van der Waals surface area contributed by atoms with Gasteiger partial charge < -0.3 is 23.8 Å². The Labute approximate surface area is 154 Å². The second-order valence-corrected chi connectivity index (χ2v) is 7.66. The summed E-state index contributed by atoms with van der Waals surface area (Å²) >= 11 is 0. The van der Waals surface area contributed by atoms with Crippen molar-refractivity contribution in [3.63, 3.8) is 0 Å². The van der Waals surface area contributed by atoms with Crippen molar-refractivity contribution < 1.29 is 23.8 Å². The number of nitrogens with zero attached hydrogens (tertiary/aromatic N) is 1. The Morgan fingerprint density at radius 3 is 2.35 bits per heavy atom. The molecule has 1 atom stereocenters. The Balaban J connectivity index is 2.13. The molecule has 138 valence electrons. The molecule has 26 heavy (non-hydrogen) atoms. The van der Waals surface area contributed by atoms with E-state index in [2.05, 4.69) is 20.2 Å². The van der Waals surface area contributed by atoms with Crippen molar-refractivity contribution in [3.8, 4) is 34.1 Å². The van der Waals surface area contributed by atoms with Crippen molar-refractivity contribution in [1.82, 2.24) is 0 Å². The molecule has 2 aliphatic rings. The number of hydrogen-bond acceptors (Lipinski definition) is 4. The van der Waals surface area contributed by atoms with Crippen LogP contribution < -0.4 is 19.3 Å². The Kier molecular flexibility index (Phi) is 3.81. The van der Waals surface area contributed by atoms with Crippen LogP contribution in [0.25, 0.3) is 11.1 Å². The summed E-state index contributed by atoms with van der Waals surface area (Å²) in [5, 5.41) is 13.1. The normalized spacial score (nSPS) is 19.3. The third kappa shape index (κ3) is 2.20. The van der Waals surface area contributed by atoms with Crippen molar-refractivity contribution in [2.24, 2.45) is 0 Å². The van der Waals surface area contributed by atoms with Gasteiger partial charge in [-0.05, 0) is 28.8 Å². The van der Waals surface area contributed by atoms with Crippen LogP contribution in [0.1, 0.15) is 22.7 Å². The molecule has 1 unspecified atom stereocenters. The molecular weight excluding hydrogens is 330 g/mol. The van der Waals surface area contributed by atoms with Gasteiger partial charge in [0.15, 0.2) is 11.5 Å². The van der Waals surface area contributed by atoms with E-state index < -0.39 is 0 Å². The average molecular weight is 355 g/mol. The minimum absolute atomic E-state index is 0.0758. The first-order chi connectivity index (χ1) is 12.4. The molecule has 0 amide bonds. The fourth-order valence-corrected chi connectivity index (χ4v) is 4.58. The second-order valence-electron chi connectivity index (χ2n) is 7.66. The topological polar surface area (TPSA) is 50.8 Å². The van der Waals surface area contributed by atoms with Gasteiger partial charge in [-0.25, -0.2) is 0 Å². The van der Waals surface area contributed by atoms with Crippen molar-refractivity contribution in [2.45, 2.75) is 18.9 Å². The second kappa shape index (κ2) is 5.81. The van der Waals surface area contributed by atoms with Crippen LogP contribution in [0.5, 0.6) is 23.0 Å². The third-order valence-electron chi connectivity index (χ3n) is 6.02. The highest BCUT2D eigenvalue weighted by molar-refractivity contribution is 5.87. The molecule has 4 rings (SSSR count). The van der Waals surface area contributed by atoms with Gasteiger partial charge in [-0.2, -0.15) is 0 Å². The molecule has 0 fully saturated rings. The largest absolute Gasteiger partial charge is 0.870 e. The number of fused-ring (bicyclic) bond motifs is 2. The number of ether oxygens (including phenoxy) is 3. The highest BCUT2D eigenvalue weighted by Crippen LogP contribution is 2.56. The summed E-state index contributed by atoms with van der Waals surface area (Å²) in [5.41, 5.74) is 5.14. The van der Waals surface area contributed by atoms with E-state index in [0.29, 0.717) is 28.9 Å². The SMILES string of the molecule is COc1ccc2c(c1[O-])-c1c(OC)c(OC)cc3c1C(C2)[N+](C)(C)CC3. The Morgan fingerprint density at radius 2 is 1.69 bits per heavy atom. The van der Waals surface area contributed by atoms with Gasteiger partial charge in [-0.15, -0.1) is 0 Å². The minimum Gasteiger partial charge on any atom is -0.870 e. The highest BCUT2D eigenvalue weighted by Gasteiger charge is 2.43. The summed E-state index contributed by atoms with van der Waals surface area (Å²) < 4.78 is 17.6. The number of quaternary nitrogens is 1. The lowest BCUT2D eigenvalue weighted by atomic mass is 9.75. The number of likely N-dealkylation sites (N-methyl/N-ethyl adjacent to an activating group) is 1. The van der Waals surface area contributed by atoms with Gasteiger partial charge in [-0.1, -0.05) is 11.8 Å². The monoisotopic (exact) mass is 355 g/mol. The van der Waals surface area contributed by atoms with E-state index in [4.69, 9.17) is 14.2 Å². The van der Waals surface area contributed by atoms with E-state index in [0.717, 1.165) is 35.0 Å². The van der Waals surface area contributed by atoms with Crippen LogP contribution in [0, 0.1) is 0 Å². The van der Waals surface area contributed by atoms with E-state index >= 15 is 0 Å². The first kappa shape index (κ1) is 17.0. The minimum atomic E-state index is -0.0758. The standard InChI is InChI=1S/C21H25NO4/c1-22(2)9-8-13-11-16(25-4)21(26-5)19-17(13)14(22)10-12-6-7-15(24-3)20(23)18(12)19/h6-7,11,14H,8-10H2,1-5H3. The molecule has 0 N–H and O–H groups in total. The lowest BCUT2D eigenvalue weighted by Crippen LogP contribution is -2.49. The number of rotatable bonds is 3. The molecule has 0 aromatic heterocycles. The van der Waals surface area contributed by atoms with E-state index in [1.54, 1.807) is 20.3 Å². The first-order valence-electron chi connectivity index (χ1n) is 8.90. The fourth-order valence-electron chi connectivity index (χ4n) is 4.58. The molecule has 0 saturated carbocycles. The van der Waals surface area contributed by atoms with E-state index in [1.165, 1.54) is 18.2 Å². The molecule has 0 saturated heterocycles.